The molecule has 5 nitrogen and oxygen atoms in total. The van der Waals surface area contributed by atoms with E-state index in [-0.39, 0.29) is 15.3 Å². The van der Waals surface area contributed by atoms with Crippen LogP contribution < -0.4 is 5.32 Å². The van der Waals surface area contributed by atoms with Crippen molar-refractivity contribution in [3.05, 3.63) is 51.5 Å². The molecule has 2 amide bonds. The molecule has 1 N–H and O–H groups in total. The van der Waals surface area contributed by atoms with Crippen LogP contribution >= 0.6 is 22.6 Å². The summed E-state index contributed by atoms with van der Waals surface area (Å²) < 4.78 is 32.3. The summed E-state index contributed by atoms with van der Waals surface area (Å²) in [5, 5.41) is 2.55. The predicted octanol–water partition coefficient (Wildman–Crippen LogP) is 3.51. The maximum atomic E-state index is 13.5. The van der Waals surface area contributed by atoms with Gasteiger partial charge in [0.1, 0.15) is 17.4 Å². The summed E-state index contributed by atoms with van der Waals surface area (Å²) in [6.07, 6.45) is 1.64. The van der Waals surface area contributed by atoms with Crippen molar-refractivity contribution in [2.75, 3.05) is 31.5 Å². The van der Waals surface area contributed by atoms with Crippen molar-refractivity contribution in [1.82, 2.24) is 9.80 Å². The number of carbonyl (C=O) groups is 1. The standard InChI is InChI=1S/C16H16F2IN3O2/c17-13-8-11(9-14(18)15(13)19)20-16(23)22-5-3-21(4-6-22)10-12-2-1-7-24-12/h1-2,7-9H,3-6,10H2,(H,20,23). The number of anilines is 1. The monoisotopic (exact) mass is 447 g/mol. The molecule has 1 aromatic heterocycles. The van der Waals surface area contributed by atoms with Gasteiger partial charge in [0, 0.05) is 31.9 Å². The Morgan fingerprint density at radius 3 is 2.46 bits per heavy atom. The zero-order chi connectivity index (χ0) is 17.1. The summed E-state index contributed by atoms with van der Waals surface area (Å²) in [6.45, 7) is 3.22. The summed E-state index contributed by atoms with van der Waals surface area (Å²) in [7, 11) is 0. The molecular formula is C16H16F2IN3O2. The van der Waals surface area contributed by atoms with Gasteiger partial charge < -0.3 is 14.6 Å². The first-order valence-electron chi connectivity index (χ1n) is 7.48. The number of nitrogens with zero attached hydrogens (tertiary/aromatic N) is 2. The maximum Gasteiger partial charge on any atom is 0.321 e. The molecule has 1 aliphatic rings. The molecule has 0 bridgehead atoms. The Morgan fingerprint density at radius 1 is 1.21 bits per heavy atom. The molecule has 128 valence electrons. The number of carbonyl (C=O) groups excluding carboxylic acids is 1. The largest absolute Gasteiger partial charge is 0.468 e. The van der Waals surface area contributed by atoms with E-state index >= 15 is 0 Å². The highest BCUT2D eigenvalue weighted by atomic mass is 127. The van der Waals surface area contributed by atoms with E-state index < -0.39 is 11.6 Å². The Kier molecular flexibility index (Phi) is 5.34. The number of hydrogen-bond acceptors (Lipinski definition) is 3. The van der Waals surface area contributed by atoms with Crippen molar-refractivity contribution in [1.29, 1.82) is 0 Å². The van der Waals surface area contributed by atoms with E-state index in [0.29, 0.717) is 32.7 Å². The first-order chi connectivity index (χ1) is 11.5. The Hall–Kier alpha value is -1.68. The zero-order valence-electron chi connectivity index (χ0n) is 12.8. The van der Waals surface area contributed by atoms with E-state index in [4.69, 9.17) is 4.42 Å². The SMILES string of the molecule is O=C(Nc1cc(F)c(I)c(F)c1)N1CCN(Cc2ccco2)CC1. The fourth-order valence-corrected chi connectivity index (χ4v) is 2.87. The van der Waals surface area contributed by atoms with Crippen LogP contribution in [-0.2, 0) is 6.54 Å². The Labute approximate surface area is 151 Å². The van der Waals surface area contributed by atoms with Gasteiger partial charge in [-0.2, -0.15) is 0 Å². The highest BCUT2D eigenvalue weighted by molar-refractivity contribution is 14.1. The minimum atomic E-state index is -0.686. The van der Waals surface area contributed by atoms with E-state index in [9.17, 15) is 13.6 Å². The fraction of sp³-hybridized carbons (Fsp3) is 0.312. The fourth-order valence-electron chi connectivity index (χ4n) is 2.56. The van der Waals surface area contributed by atoms with Crippen LogP contribution in [-0.4, -0.2) is 42.0 Å². The number of hydrogen-bond donors (Lipinski definition) is 1. The van der Waals surface area contributed by atoms with Gasteiger partial charge >= 0.3 is 6.03 Å². The number of nitrogens with one attached hydrogen (secondary N) is 1. The van der Waals surface area contributed by atoms with Gasteiger partial charge in [-0.05, 0) is 46.9 Å². The molecule has 1 fully saturated rings. The van der Waals surface area contributed by atoms with Crippen LogP contribution in [0.15, 0.2) is 34.9 Å². The molecule has 2 heterocycles. The lowest BCUT2D eigenvalue weighted by Gasteiger charge is -2.34. The minimum Gasteiger partial charge on any atom is -0.468 e. The van der Waals surface area contributed by atoms with Crippen LogP contribution in [0.1, 0.15) is 5.76 Å². The van der Waals surface area contributed by atoms with E-state index in [2.05, 4.69) is 10.2 Å². The van der Waals surface area contributed by atoms with Crippen molar-refractivity contribution >= 4 is 34.3 Å². The molecule has 0 radical (unpaired) electrons. The third-order valence-electron chi connectivity index (χ3n) is 3.85. The average Bonchev–Trinajstić information content (AvgIpc) is 3.06. The van der Waals surface area contributed by atoms with Crippen LogP contribution in [0.2, 0.25) is 0 Å². The molecule has 0 saturated carbocycles. The molecule has 0 atom stereocenters. The lowest BCUT2D eigenvalue weighted by molar-refractivity contribution is 0.137. The average molecular weight is 447 g/mol. The molecule has 1 aliphatic heterocycles. The molecule has 1 saturated heterocycles. The van der Waals surface area contributed by atoms with E-state index in [1.807, 2.05) is 12.1 Å². The number of halogens is 3. The molecule has 24 heavy (non-hydrogen) atoms. The molecule has 0 spiro atoms. The second-order valence-corrected chi connectivity index (χ2v) is 6.61. The van der Waals surface area contributed by atoms with Crippen LogP contribution in [0.4, 0.5) is 19.3 Å². The summed E-state index contributed by atoms with van der Waals surface area (Å²) in [5.74, 6) is -0.485. The van der Waals surface area contributed by atoms with Gasteiger partial charge in [-0.3, -0.25) is 4.90 Å². The molecule has 0 unspecified atom stereocenters. The molecule has 8 heteroatoms. The van der Waals surface area contributed by atoms with Gasteiger partial charge in [0.05, 0.1) is 16.4 Å². The number of benzene rings is 1. The van der Waals surface area contributed by atoms with Crippen molar-refractivity contribution in [2.24, 2.45) is 0 Å². The van der Waals surface area contributed by atoms with Crippen LogP contribution in [0.25, 0.3) is 0 Å². The van der Waals surface area contributed by atoms with Crippen molar-refractivity contribution in [2.45, 2.75) is 6.54 Å². The van der Waals surface area contributed by atoms with Gasteiger partial charge in [0.15, 0.2) is 0 Å². The number of urea groups is 1. The van der Waals surface area contributed by atoms with Crippen LogP contribution in [0, 0.1) is 15.2 Å². The Morgan fingerprint density at radius 2 is 1.88 bits per heavy atom. The highest BCUT2D eigenvalue weighted by Gasteiger charge is 2.22. The number of piperazine rings is 1. The smallest absolute Gasteiger partial charge is 0.321 e. The molecule has 3 rings (SSSR count). The first-order valence-corrected chi connectivity index (χ1v) is 8.56. The number of furan rings is 1. The third-order valence-corrected chi connectivity index (χ3v) is 4.88. The summed E-state index contributed by atoms with van der Waals surface area (Å²) in [6, 6.07) is 5.65. The summed E-state index contributed by atoms with van der Waals surface area (Å²) >= 11 is 1.59. The summed E-state index contributed by atoms with van der Waals surface area (Å²) in [5.41, 5.74) is 0.119. The lowest BCUT2D eigenvalue weighted by Crippen LogP contribution is -2.49. The molecule has 1 aromatic carbocycles. The third kappa shape index (κ3) is 4.04. The van der Waals surface area contributed by atoms with Crippen molar-refractivity contribution in [3.63, 3.8) is 0 Å². The topological polar surface area (TPSA) is 48.7 Å². The highest BCUT2D eigenvalue weighted by Crippen LogP contribution is 2.21. The second kappa shape index (κ2) is 7.47. The molecule has 0 aliphatic carbocycles. The lowest BCUT2D eigenvalue weighted by atomic mass is 10.3. The van der Waals surface area contributed by atoms with E-state index in [1.54, 1.807) is 33.8 Å². The van der Waals surface area contributed by atoms with Crippen LogP contribution in [0.3, 0.4) is 0 Å². The van der Waals surface area contributed by atoms with Crippen LogP contribution in [0.5, 0.6) is 0 Å². The van der Waals surface area contributed by atoms with Gasteiger partial charge in [-0.15, -0.1) is 0 Å². The Bertz CT molecular complexity index is 693. The van der Waals surface area contributed by atoms with Crippen molar-refractivity contribution in [3.8, 4) is 0 Å². The predicted molar refractivity (Wildman–Crippen MR) is 93.7 cm³/mol. The first kappa shape index (κ1) is 17.2. The van der Waals surface area contributed by atoms with E-state index in [0.717, 1.165) is 17.9 Å². The zero-order valence-corrected chi connectivity index (χ0v) is 14.9. The van der Waals surface area contributed by atoms with Crippen molar-refractivity contribution < 1.29 is 18.0 Å². The molecular weight excluding hydrogens is 431 g/mol. The normalized spacial score (nSPS) is 15.5. The van der Waals surface area contributed by atoms with Gasteiger partial charge in [-0.25, -0.2) is 13.6 Å². The van der Waals surface area contributed by atoms with Gasteiger partial charge in [0.25, 0.3) is 0 Å². The maximum absolute atomic E-state index is 13.5. The van der Waals surface area contributed by atoms with Gasteiger partial charge in [0.2, 0.25) is 0 Å². The molecule has 2 aromatic rings. The van der Waals surface area contributed by atoms with E-state index in [1.165, 1.54) is 0 Å². The second-order valence-electron chi connectivity index (χ2n) is 5.53. The number of amides is 2. The Balaban J connectivity index is 1.53. The summed E-state index contributed by atoms with van der Waals surface area (Å²) in [4.78, 5) is 16.0. The van der Waals surface area contributed by atoms with Gasteiger partial charge in [-0.1, -0.05) is 0 Å². The quantitative estimate of drug-likeness (QED) is 0.579. The minimum absolute atomic E-state index is 0.0860. The number of rotatable bonds is 3.